The molecular formula is C37H37N3O3. The first-order chi connectivity index (χ1) is 21.1. The van der Waals surface area contributed by atoms with Gasteiger partial charge in [-0.15, -0.1) is 0 Å². The van der Waals surface area contributed by atoms with E-state index in [4.69, 9.17) is 14.6 Å². The molecule has 0 N–H and O–H groups in total. The maximum atomic E-state index is 14.1. The molecule has 5 aromatic rings. The summed E-state index contributed by atoms with van der Waals surface area (Å²) in [7, 11) is 3.37. The lowest BCUT2D eigenvalue weighted by atomic mass is 9.79. The molecule has 43 heavy (non-hydrogen) atoms. The van der Waals surface area contributed by atoms with Crippen molar-refractivity contribution in [1.82, 2.24) is 9.78 Å². The molecule has 1 fully saturated rings. The first-order valence-electron chi connectivity index (χ1n) is 15.2. The average Bonchev–Trinajstić information content (AvgIpc) is 3.37. The zero-order valence-electron chi connectivity index (χ0n) is 24.8. The molecule has 0 amide bonds. The van der Waals surface area contributed by atoms with Crippen LogP contribution in [-0.4, -0.2) is 35.8 Å². The molecule has 1 atom stereocenters. The van der Waals surface area contributed by atoms with Gasteiger partial charge in [-0.2, -0.15) is 5.10 Å². The Kier molecular flexibility index (Phi) is 7.35. The smallest absolute Gasteiger partial charge is 0.170 e. The minimum absolute atomic E-state index is 0.00170. The van der Waals surface area contributed by atoms with Crippen molar-refractivity contribution in [3.63, 3.8) is 0 Å². The first kappa shape index (κ1) is 27.3. The Hall–Kier alpha value is -4.58. The van der Waals surface area contributed by atoms with Gasteiger partial charge in [0, 0.05) is 24.9 Å². The summed E-state index contributed by atoms with van der Waals surface area (Å²) in [5, 5.41) is 7.71. The van der Waals surface area contributed by atoms with Gasteiger partial charge >= 0.3 is 0 Å². The molecule has 7 rings (SSSR count). The van der Waals surface area contributed by atoms with Crippen LogP contribution >= 0.6 is 0 Å². The van der Waals surface area contributed by atoms with Crippen LogP contribution in [0.2, 0.25) is 0 Å². The van der Waals surface area contributed by atoms with Crippen LogP contribution in [0.15, 0.2) is 91.0 Å². The zero-order valence-corrected chi connectivity index (χ0v) is 24.8. The molecule has 4 aromatic carbocycles. The van der Waals surface area contributed by atoms with E-state index in [0.717, 1.165) is 53.4 Å². The number of anilines is 1. The molecule has 0 saturated heterocycles. The highest BCUT2D eigenvalue weighted by atomic mass is 16.5. The van der Waals surface area contributed by atoms with Crippen LogP contribution in [0, 0.1) is 0 Å². The molecule has 1 aromatic heterocycles. The van der Waals surface area contributed by atoms with Crippen molar-refractivity contribution < 1.29 is 14.3 Å². The quantitative estimate of drug-likeness (QED) is 0.183. The Bertz CT molecular complexity index is 1750. The van der Waals surface area contributed by atoms with Crippen molar-refractivity contribution >= 4 is 22.4 Å². The maximum Gasteiger partial charge on any atom is 0.170 e. The predicted molar refractivity (Wildman–Crippen MR) is 170 cm³/mol. The Morgan fingerprint density at radius 2 is 1.40 bits per heavy atom. The fraction of sp³-hybridized carbons (Fsp3) is 0.297. The molecule has 6 heteroatoms. The molecule has 1 saturated carbocycles. The molecule has 0 spiro atoms. The third-order valence-corrected chi connectivity index (χ3v) is 9.17. The van der Waals surface area contributed by atoms with E-state index >= 15 is 0 Å². The minimum atomic E-state index is 0.00170. The van der Waals surface area contributed by atoms with E-state index in [1.807, 2.05) is 24.3 Å². The Labute approximate surface area is 252 Å². The minimum Gasteiger partial charge on any atom is -0.497 e. The second-order valence-electron chi connectivity index (χ2n) is 11.9. The van der Waals surface area contributed by atoms with E-state index in [1.54, 1.807) is 14.2 Å². The van der Waals surface area contributed by atoms with Crippen LogP contribution in [0.25, 0.3) is 10.8 Å². The van der Waals surface area contributed by atoms with E-state index in [9.17, 15) is 4.79 Å². The molecule has 0 radical (unpaired) electrons. The Balaban J connectivity index is 1.29. The molecule has 2 heterocycles. The lowest BCUT2D eigenvalue weighted by Crippen LogP contribution is -2.42. The predicted octanol–water partition coefficient (Wildman–Crippen LogP) is 7.57. The number of Topliss-reactive ketones (excluding diaryl/α,β-unsaturated/α-hetero) is 1. The second-order valence-corrected chi connectivity index (χ2v) is 11.9. The summed E-state index contributed by atoms with van der Waals surface area (Å²) in [6.45, 7) is 1.30. The number of ketones is 1. The molecule has 218 valence electrons. The van der Waals surface area contributed by atoms with E-state index in [0.29, 0.717) is 25.4 Å². The highest BCUT2D eigenvalue weighted by Gasteiger charge is 2.40. The third-order valence-electron chi connectivity index (χ3n) is 9.17. The van der Waals surface area contributed by atoms with Crippen LogP contribution in [0.3, 0.4) is 0 Å². The fourth-order valence-electron chi connectivity index (χ4n) is 6.60. The van der Waals surface area contributed by atoms with Gasteiger partial charge in [-0.3, -0.25) is 9.48 Å². The number of hydrogen-bond donors (Lipinski definition) is 0. The maximum absolute atomic E-state index is 14.1. The van der Waals surface area contributed by atoms with Gasteiger partial charge in [0.2, 0.25) is 0 Å². The Morgan fingerprint density at radius 3 is 2.02 bits per heavy atom. The van der Waals surface area contributed by atoms with E-state index < -0.39 is 0 Å². The number of nitrogens with zero attached hydrogens (tertiary/aromatic N) is 3. The average molecular weight is 572 g/mol. The standard InChI is InChI=1S/C37H37N3O3/c1-42-32-16-11-25(12-17-32)23-39-31(21-27-10-15-28-6-3-4-7-30(28)20-27)22-34(41)35-36(29-8-5-9-29)40(38-37(35)39)24-26-13-18-33(43-2)19-14-26/h3-4,6-7,10-20,29,31H,5,8-9,21-24H2,1-2H3. The molecule has 1 aliphatic heterocycles. The number of aromatic nitrogens is 2. The normalized spacial score (nSPS) is 16.7. The van der Waals surface area contributed by atoms with Gasteiger partial charge in [-0.25, -0.2) is 0 Å². The van der Waals surface area contributed by atoms with Gasteiger partial charge < -0.3 is 14.4 Å². The van der Waals surface area contributed by atoms with Crippen LogP contribution in [0.5, 0.6) is 11.5 Å². The summed E-state index contributed by atoms with van der Waals surface area (Å²) in [5.74, 6) is 3.09. The topological polar surface area (TPSA) is 56.6 Å². The summed E-state index contributed by atoms with van der Waals surface area (Å²) < 4.78 is 12.9. The van der Waals surface area contributed by atoms with Gasteiger partial charge in [-0.05, 0) is 71.0 Å². The largest absolute Gasteiger partial charge is 0.497 e. The number of fused-ring (bicyclic) bond motifs is 2. The van der Waals surface area contributed by atoms with Crippen LogP contribution < -0.4 is 14.4 Å². The van der Waals surface area contributed by atoms with E-state index in [1.165, 1.54) is 28.3 Å². The fourth-order valence-corrected chi connectivity index (χ4v) is 6.60. The van der Waals surface area contributed by atoms with Gasteiger partial charge in [0.15, 0.2) is 11.6 Å². The van der Waals surface area contributed by atoms with Crippen molar-refractivity contribution in [2.45, 2.75) is 57.2 Å². The monoisotopic (exact) mass is 571 g/mol. The second kappa shape index (κ2) is 11.6. The third kappa shape index (κ3) is 5.38. The van der Waals surface area contributed by atoms with Crippen molar-refractivity contribution in [1.29, 1.82) is 0 Å². The molecule has 1 aliphatic carbocycles. The van der Waals surface area contributed by atoms with Crippen molar-refractivity contribution in [2.75, 3.05) is 19.1 Å². The lowest BCUT2D eigenvalue weighted by molar-refractivity contribution is 0.0963. The highest BCUT2D eigenvalue weighted by Crippen LogP contribution is 2.44. The van der Waals surface area contributed by atoms with E-state index in [-0.39, 0.29) is 11.8 Å². The molecule has 0 bridgehead atoms. The number of rotatable bonds is 9. The summed E-state index contributed by atoms with van der Waals surface area (Å²) in [5.41, 5.74) is 5.49. The first-order valence-corrected chi connectivity index (χ1v) is 15.2. The molecule has 2 aliphatic rings. The van der Waals surface area contributed by atoms with E-state index in [2.05, 4.69) is 76.3 Å². The van der Waals surface area contributed by atoms with Gasteiger partial charge in [0.25, 0.3) is 0 Å². The summed E-state index contributed by atoms with van der Waals surface area (Å²) in [6.07, 6.45) is 4.65. The highest BCUT2D eigenvalue weighted by molar-refractivity contribution is 6.04. The van der Waals surface area contributed by atoms with Crippen LogP contribution in [-0.2, 0) is 19.5 Å². The Morgan fingerprint density at radius 1 is 0.767 bits per heavy atom. The number of ether oxygens (including phenoxy) is 2. The number of benzene rings is 4. The number of carbonyl (C=O) groups excluding carboxylic acids is 1. The number of methoxy groups -OCH3 is 2. The van der Waals surface area contributed by atoms with Gasteiger partial charge in [-0.1, -0.05) is 73.2 Å². The molecular weight excluding hydrogens is 534 g/mol. The number of hydrogen-bond acceptors (Lipinski definition) is 5. The van der Waals surface area contributed by atoms with Crippen molar-refractivity contribution in [3.05, 3.63) is 119 Å². The molecule has 1 unspecified atom stereocenters. The number of carbonyl (C=O) groups is 1. The van der Waals surface area contributed by atoms with Gasteiger partial charge in [0.05, 0.1) is 32.0 Å². The SMILES string of the molecule is COc1ccc(CN2c3nn(Cc4ccc(OC)cc4)c(C4CCC4)c3C(=O)CC2Cc2ccc3ccccc3c2)cc1. The zero-order chi connectivity index (χ0) is 29.3. The van der Waals surface area contributed by atoms with Gasteiger partial charge in [0.1, 0.15) is 11.5 Å². The van der Waals surface area contributed by atoms with Crippen LogP contribution in [0.1, 0.15) is 64.3 Å². The van der Waals surface area contributed by atoms with Crippen LogP contribution in [0.4, 0.5) is 5.82 Å². The van der Waals surface area contributed by atoms with Crippen molar-refractivity contribution in [3.8, 4) is 11.5 Å². The lowest BCUT2D eigenvalue weighted by Gasteiger charge is -2.37. The summed E-state index contributed by atoms with van der Waals surface area (Å²) >= 11 is 0. The summed E-state index contributed by atoms with van der Waals surface area (Å²) in [6, 6.07) is 31.5. The molecule has 6 nitrogen and oxygen atoms in total. The summed E-state index contributed by atoms with van der Waals surface area (Å²) in [4.78, 5) is 16.5. The van der Waals surface area contributed by atoms with Crippen molar-refractivity contribution in [2.24, 2.45) is 0 Å².